The fourth-order valence-electron chi connectivity index (χ4n) is 1.71. The molecule has 0 spiro atoms. The van der Waals surface area contributed by atoms with Crippen molar-refractivity contribution in [1.29, 1.82) is 0 Å². The number of amides is 1. The molecule has 0 fully saturated rings. The highest BCUT2D eigenvalue weighted by Gasteiger charge is 2.25. The van der Waals surface area contributed by atoms with Gasteiger partial charge < -0.3 is 20.3 Å². The van der Waals surface area contributed by atoms with Crippen LogP contribution in [0, 0.1) is 10.1 Å². The first-order valence-electron chi connectivity index (χ1n) is 6.67. The molecule has 1 aromatic rings. The molecule has 0 aliphatic heterocycles. The van der Waals surface area contributed by atoms with Crippen molar-refractivity contribution in [2.24, 2.45) is 0 Å². The summed E-state index contributed by atoms with van der Waals surface area (Å²) >= 11 is 0. The Morgan fingerprint density at radius 3 is 2.32 bits per heavy atom. The summed E-state index contributed by atoms with van der Waals surface area (Å²) in [5.41, 5.74) is -0.486. The minimum atomic E-state index is -1.22. The summed E-state index contributed by atoms with van der Waals surface area (Å²) in [6, 6.07) is 4.21. The van der Waals surface area contributed by atoms with Crippen LogP contribution < -0.4 is 5.32 Å². The van der Waals surface area contributed by atoms with E-state index in [1.807, 2.05) is 0 Å². The Labute approximate surface area is 127 Å². The Hall–Kier alpha value is -2.19. The van der Waals surface area contributed by atoms with Gasteiger partial charge in [0.15, 0.2) is 0 Å². The molecule has 0 aliphatic carbocycles. The van der Waals surface area contributed by atoms with Gasteiger partial charge in [0.2, 0.25) is 0 Å². The Morgan fingerprint density at radius 1 is 1.36 bits per heavy atom. The highest BCUT2D eigenvalue weighted by Crippen LogP contribution is 2.20. The third kappa shape index (κ3) is 5.30. The van der Waals surface area contributed by atoms with Crippen LogP contribution >= 0.6 is 0 Å². The zero-order valence-corrected chi connectivity index (χ0v) is 12.6. The summed E-state index contributed by atoms with van der Waals surface area (Å²) in [4.78, 5) is 21.7. The topological polar surface area (TPSA) is 122 Å². The first kappa shape index (κ1) is 17.9. The van der Waals surface area contributed by atoms with Crippen LogP contribution in [-0.4, -0.2) is 39.5 Å². The number of nitro benzene ring substituents is 1. The largest absolute Gasteiger partial charge is 0.444 e. The average Bonchev–Trinajstić information content (AvgIpc) is 2.42. The van der Waals surface area contributed by atoms with Gasteiger partial charge in [-0.1, -0.05) is 0 Å². The second-order valence-electron chi connectivity index (χ2n) is 5.73. The quantitative estimate of drug-likeness (QED) is 0.559. The first-order chi connectivity index (χ1) is 10.1. The number of non-ortho nitro benzene ring substituents is 1. The maximum Gasteiger partial charge on any atom is 0.408 e. The highest BCUT2D eigenvalue weighted by molar-refractivity contribution is 5.68. The van der Waals surface area contributed by atoms with E-state index in [1.165, 1.54) is 24.3 Å². The van der Waals surface area contributed by atoms with E-state index >= 15 is 0 Å². The van der Waals surface area contributed by atoms with Gasteiger partial charge in [-0.2, -0.15) is 0 Å². The summed E-state index contributed by atoms with van der Waals surface area (Å²) in [6.45, 7) is 4.55. The summed E-state index contributed by atoms with van der Waals surface area (Å²) in [5, 5.41) is 32.4. The Bertz CT molecular complexity index is 523. The Morgan fingerprint density at radius 2 is 1.91 bits per heavy atom. The molecule has 1 aromatic carbocycles. The lowest BCUT2D eigenvalue weighted by atomic mass is 10.0. The maximum absolute atomic E-state index is 11.7. The summed E-state index contributed by atoms with van der Waals surface area (Å²) in [6.07, 6.45) is -1.99. The van der Waals surface area contributed by atoms with E-state index in [-0.39, 0.29) is 5.69 Å². The number of benzene rings is 1. The van der Waals surface area contributed by atoms with Crippen LogP contribution in [0.15, 0.2) is 24.3 Å². The van der Waals surface area contributed by atoms with Crippen molar-refractivity contribution in [3.8, 4) is 0 Å². The van der Waals surface area contributed by atoms with Crippen LogP contribution in [0.25, 0.3) is 0 Å². The van der Waals surface area contributed by atoms with Crippen LogP contribution in [-0.2, 0) is 4.74 Å². The van der Waals surface area contributed by atoms with Crippen molar-refractivity contribution >= 4 is 11.8 Å². The monoisotopic (exact) mass is 312 g/mol. The number of aliphatic hydroxyl groups excluding tert-OH is 2. The SMILES string of the molecule is CC(C)(C)OC(=O)N[C@H](CO)C(O)c1ccc([N+](=O)[O-])cc1. The molecule has 0 saturated carbocycles. The molecule has 1 unspecified atom stereocenters. The Kier molecular flexibility index (Phi) is 5.84. The molecule has 22 heavy (non-hydrogen) atoms. The lowest BCUT2D eigenvalue weighted by Crippen LogP contribution is -2.44. The minimum absolute atomic E-state index is 0.114. The number of aliphatic hydroxyl groups is 2. The number of nitrogens with zero attached hydrogens (tertiary/aromatic N) is 1. The molecule has 0 aromatic heterocycles. The predicted octanol–water partition coefficient (Wildman–Crippen LogP) is 1.51. The molecule has 8 nitrogen and oxygen atoms in total. The smallest absolute Gasteiger partial charge is 0.408 e. The van der Waals surface area contributed by atoms with Crippen LogP contribution in [0.3, 0.4) is 0 Å². The Balaban J connectivity index is 2.77. The molecule has 0 bridgehead atoms. The van der Waals surface area contributed by atoms with Crippen molar-refractivity contribution in [3.05, 3.63) is 39.9 Å². The summed E-state index contributed by atoms with van der Waals surface area (Å²) in [5.74, 6) is 0. The third-order valence-corrected chi connectivity index (χ3v) is 2.73. The molecule has 122 valence electrons. The van der Waals surface area contributed by atoms with Gasteiger partial charge in [0.25, 0.3) is 5.69 Å². The van der Waals surface area contributed by atoms with E-state index in [9.17, 15) is 25.1 Å². The van der Waals surface area contributed by atoms with Crippen LogP contribution in [0.2, 0.25) is 0 Å². The van der Waals surface area contributed by atoms with Crippen LogP contribution in [0.4, 0.5) is 10.5 Å². The molecule has 0 heterocycles. The summed E-state index contributed by atoms with van der Waals surface area (Å²) in [7, 11) is 0. The average molecular weight is 312 g/mol. The van der Waals surface area contributed by atoms with Crippen molar-refractivity contribution in [1.82, 2.24) is 5.32 Å². The van der Waals surface area contributed by atoms with Crippen LogP contribution in [0.1, 0.15) is 32.4 Å². The van der Waals surface area contributed by atoms with Gasteiger partial charge in [0.05, 0.1) is 17.6 Å². The molecule has 1 amide bonds. The normalized spacial score (nSPS) is 14.0. The van der Waals surface area contributed by atoms with Gasteiger partial charge in [0.1, 0.15) is 11.7 Å². The van der Waals surface area contributed by atoms with Crippen molar-refractivity contribution in [2.45, 2.75) is 38.5 Å². The lowest BCUT2D eigenvalue weighted by molar-refractivity contribution is -0.384. The van der Waals surface area contributed by atoms with Gasteiger partial charge in [-0.25, -0.2) is 4.79 Å². The fraction of sp³-hybridized carbons (Fsp3) is 0.500. The summed E-state index contributed by atoms with van der Waals surface area (Å²) < 4.78 is 5.05. The van der Waals surface area contributed by atoms with Crippen molar-refractivity contribution < 1.29 is 24.7 Å². The van der Waals surface area contributed by atoms with E-state index in [2.05, 4.69) is 5.32 Å². The molecule has 0 aliphatic rings. The lowest BCUT2D eigenvalue weighted by Gasteiger charge is -2.25. The number of carbonyl (C=O) groups excluding carboxylic acids is 1. The van der Waals surface area contributed by atoms with Crippen molar-refractivity contribution in [3.63, 3.8) is 0 Å². The van der Waals surface area contributed by atoms with Gasteiger partial charge in [-0.05, 0) is 38.5 Å². The molecule has 0 radical (unpaired) electrons. The van der Waals surface area contributed by atoms with Gasteiger partial charge in [-0.3, -0.25) is 10.1 Å². The van der Waals surface area contributed by atoms with Crippen molar-refractivity contribution in [2.75, 3.05) is 6.61 Å². The standard InChI is InChI=1S/C14H20N2O6/c1-14(2,3)22-13(19)15-11(8-17)12(18)9-4-6-10(7-5-9)16(20)21/h4-7,11-12,17-18H,8H2,1-3H3,(H,15,19)/t11-,12?/m1/s1. The third-order valence-electron chi connectivity index (χ3n) is 2.73. The van der Waals surface area contributed by atoms with E-state index in [1.54, 1.807) is 20.8 Å². The van der Waals surface area contributed by atoms with E-state index in [4.69, 9.17) is 4.74 Å². The van der Waals surface area contributed by atoms with E-state index in [0.717, 1.165) is 0 Å². The number of ether oxygens (including phenoxy) is 1. The number of hydrogen-bond donors (Lipinski definition) is 3. The minimum Gasteiger partial charge on any atom is -0.444 e. The zero-order valence-electron chi connectivity index (χ0n) is 12.6. The number of rotatable bonds is 5. The van der Waals surface area contributed by atoms with E-state index in [0.29, 0.717) is 5.56 Å². The molecular formula is C14H20N2O6. The second kappa shape index (κ2) is 7.19. The number of nitro groups is 1. The predicted molar refractivity (Wildman–Crippen MR) is 78.3 cm³/mol. The molecule has 2 atom stereocenters. The van der Waals surface area contributed by atoms with Gasteiger partial charge in [-0.15, -0.1) is 0 Å². The zero-order chi connectivity index (χ0) is 16.9. The van der Waals surface area contributed by atoms with Gasteiger partial charge in [0, 0.05) is 12.1 Å². The van der Waals surface area contributed by atoms with E-state index < -0.39 is 35.4 Å². The maximum atomic E-state index is 11.7. The number of alkyl carbamates (subject to hydrolysis) is 1. The second-order valence-corrected chi connectivity index (χ2v) is 5.73. The first-order valence-corrected chi connectivity index (χ1v) is 6.67. The fourth-order valence-corrected chi connectivity index (χ4v) is 1.71. The molecule has 8 heteroatoms. The molecular weight excluding hydrogens is 292 g/mol. The number of carbonyl (C=O) groups is 1. The number of nitrogens with one attached hydrogen (secondary N) is 1. The van der Waals surface area contributed by atoms with Gasteiger partial charge >= 0.3 is 6.09 Å². The molecule has 3 N–H and O–H groups in total. The molecule has 0 saturated heterocycles. The highest BCUT2D eigenvalue weighted by atomic mass is 16.6. The molecule has 1 rings (SSSR count). The van der Waals surface area contributed by atoms with Crippen LogP contribution in [0.5, 0.6) is 0 Å². The number of hydrogen-bond acceptors (Lipinski definition) is 6.